The fourth-order valence-corrected chi connectivity index (χ4v) is 1.73. The molecule has 2 rings (SSSR count). The van der Waals surface area contributed by atoms with Gasteiger partial charge in [0.1, 0.15) is 19.0 Å². The minimum absolute atomic E-state index is 0.0663. The molecule has 0 atom stereocenters. The number of hydrogen-bond donors (Lipinski definition) is 0. The van der Waals surface area contributed by atoms with Gasteiger partial charge in [0.15, 0.2) is 11.5 Å². The molecule has 0 bridgehead atoms. The zero-order valence-corrected chi connectivity index (χ0v) is 9.63. The van der Waals surface area contributed by atoms with Gasteiger partial charge in [0.25, 0.3) is 0 Å². The second-order valence-corrected chi connectivity index (χ2v) is 3.92. The first-order valence-corrected chi connectivity index (χ1v) is 5.79. The molecule has 1 heterocycles. The van der Waals surface area contributed by atoms with E-state index >= 15 is 0 Å². The monoisotopic (exact) mass is 240 g/mol. The number of benzene rings is 1. The molecule has 0 amide bonds. The maximum absolute atomic E-state index is 11.1. The SMILES string of the molecule is O=C(CCl)CCc1ccc2c(c1)OCCO2. The second-order valence-electron chi connectivity index (χ2n) is 3.65. The number of ether oxygens (including phenoxy) is 2. The van der Waals surface area contributed by atoms with E-state index in [1.54, 1.807) is 0 Å². The molecular weight excluding hydrogens is 228 g/mol. The third-order valence-electron chi connectivity index (χ3n) is 2.45. The van der Waals surface area contributed by atoms with E-state index in [2.05, 4.69) is 0 Å². The topological polar surface area (TPSA) is 35.5 Å². The van der Waals surface area contributed by atoms with Crippen molar-refractivity contribution in [1.82, 2.24) is 0 Å². The van der Waals surface area contributed by atoms with E-state index in [0.717, 1.165) is 17.1 Å². The van der Waals surface area contributed by atoms with E-state index in [4.69, 9.17) is 21.1 Å². The van der Waals surface area contributed by atoms with E-state index in [9.17, 15) is 4.79 Å². The number of rotatable bonds is 4. The van der Waals surface area contributed by atoms with Crippen LogP contribution in [0.4, 0.5) is 0 Å². The minimum atomic E-state index is 0.0663. The van der Waals surface area contributed by atoms with Crippen molar-refractivity contribution < 1.29 is 14.3 Å². The van der Waals surface area contributed by atoms with Crippen LogP contribution in [0.25, 0.3) is 0 Å². The Morgan fingerprint density at radius 3 is 2.75 bits per heavy atom. The van der Waals surface area contributed by atoms with Crippen molar-refractivity contribution in [3.05, 3.63) is 23.8 Å². The zero-order chi connectivity index (χ0) is 11.4. The van der Waals surface area contributed by atoms with Crippen LogP contribution in [0.3, 0.4) is 0 Å². The summed E-state index contributed by atoms with van der Waals surface area (Å²) in [6.07, 6.45) is 1.17. The van der Waals surface area contributed by atoms with Gasteiger partial charge in [-0.15, -0.1) is 11.6 Å². The highest BCUT2D eigenvalue weighted by Crippen LogP contribution is 2.31. The number of alkyl halides is 1. The molecule has 86 valence electrons. The van der Waals surface area contributed by atoms with Gasteiger partial charge >= 0.3 is 0 Å². The fourth-order valence-electron chi connectivity index (χ4n) is 1.59. The van der Waals surface area contributed by atoms with Crippen LogP contribution in [-0.4, -0.2) is 24.9 Å². The molecular formula is C12H13ClO3. The first-order chi connectivity index (χ1) is 7.79. The van der Waals surface area contributed by atoms with Gasteiger partial charge in [-0.2, -0.15) is 0 Å². The lowest BCUT2D eigenvalue weighted by molar-refractivity contribution is -0.116. The molecule has 1 aliphatic heterocycles. The summed E-state index contributed by atoms with van der Waals surface area (Å²) in [5, 5.41) is 0. The lowest BCUT2D eigenvalue weighted by Gasteiger charge is -2.18. The van der Waals surface area contributed by atoms with Crippen molar-refractivity contribution in [1.29, 1.82) is 0 Å². The number of carbonyl (C=O) groups excluding carboxylic acids is 1. The maximum atomic E-state index is 11.1. The van der Waals surface area contributed by atoms with Gasteiger partial charge in [-0.05, 0) is 24.1 Å². The Morgan fingerprint density at radius 1 is 1.25 bits per heavy atom. The lowest BCUT2D eigenvalue weighted by atomic mass is 10.1. The Morgan fingerprint density at radius 2 is 2.00 bits per heavy atom. The molecule has 0 N–H and O–H groups in total. The first-order valence-electron chi connectivity index (χ1n) is 5.26. The first kappa shape index (κ1) is 11.3. The molecule has 1 aromatic rings. The molecule has 1 aliphatic rings. The molecule has 0 aliphatic carbocycles. The van der Waals surface area contributed by atoms with Crippen LogP contribution in [0.15, 0.2) is 18.2 Å². The molecule has 0 saturated carbocycles. The predicted molar refractivity (Wildman–Crippen MR) is 61.5 cm³/mol. The van der Waals surface area contributed by atoms with Crippen LogP contribution in [0.5, 0.6) is 11.5 Å². The van der Waals surface area contributed by atoms with Gasteiger partial charge in [-0.25, -0.2) is 0 Å². The van der Waals surface area contributed by atoms with E-state index < -0.39 is 0 Å². The largest absolute Gasteiger partial charge is 0.486 e. The van der Waals surface area contributed by atoms with Crippen molar-refractivity contribution in [2.24, 2.45) is 0 Å². The van der Waals surface area contributed by atoms with Gasteiger partial charge in [-0.1, -0.05) is 6.07 Å². The smallest absolute Gasteiger partial charge is 0.161 e. The number of aryl methyl sites for hydroxylation is 1. The van der Waals surface area contributed by atoms with Crippen LogP contribution in [0.1, 0.15) is 12.0 Å². The molecule has 0 fully saturated rings. The zero-order valence-electron chi connectivity index (χ0n) is 8.87. The fraction of sp³-hybridized carbons (Fsp3) is 0.417. The summed E-state index contributed by atoms with van der Waals surface area (Å²) in [5.41, 5.74) is 1.07. The van der Waals surface area contributed by atoms with E-state index in [1.807, 2.05) is 18.2 Å². The van der Waals surface area contributed by atoms with Crippen molar-refractivity contribution in [2.45, 2.75) is 12.8 Å². The van der Waals surface area contributed by atoms with Gasteiger partial charge in [0.2, 0.25) is 0 Å². The summed E-state index contributed by atoms with van der Waals surface area (Å²) in [7, 11) is 0. The van der Waals surface area contributed by atoms with Gasteiger partial charge in [0, 0.05) is 6.42 Å². The highest BCUT2D eigenvalue weighted by atomic mass is 35.5. The number of Topliss-reactive ketones (excluding diaryl/α,β-unsaturated/α-hetero) is 1. The van der Waals surface area contributed by atoms with Gasteiger partial charge in [-0.3, -0.25) is 4.79 Å². The summed E-state index contributed by atoms with van der Waals surface area (Å²) in [4.78, 5) is 11.1. The Hall–Kier alpha value is -1.22. The van der Waals surface area contributed by atoms with Crippen molar-refractivity contribution in [3.8, 4) is 11.5 Å². The van der Waals surface area contributed by atoms with Crippen LogP contribution in [-0.2, 0) is 11.2 Å². The highest BCUT2D eigenvalue weighted by Gasteiger charge is 2.11. The number of halogens is 1. The summed E-state index contributed by atoms with van der Waals surface area (Å²) in [6, 6.07) is 5.76. The van der Waals surface area contributed by atoms with Crippen LogP contribution in [0.2, 0.25) is 0 Å². The Balaban J connectivity index is 2.03. The highest BCUT2D eigenvalue weighted by molar-refractivity contribution is 6.27. The standard InChI is InChI=1S/C12H13ClO3/c13-8-10(14)3-1-9-2-4-11-12(7-9)16-6-5-15-11/h2,4,7H,1,3,5-6,8H2. The second kappa shape index (κ2) is 5.21. The average molecular weight is 241 g/mol. The van der Waals surface area contributed by atoms with Crippen LogP contribution < -0.4 is 9.47 Å². The molecule has 0 saturated heterocycles. The van der Waals surface area contributed by atoms with Gasteiger partial charge < -0.3 is 9.47 Å². The molecule has 3 nitrogen and oxygen atoms in total. The average Bonchev–Trinajstić information content (AvgIpc) is 2.35. The third kappa shape index (κ3) is 2.67. The minimum Gasteiger partial charge on any atom is -0.486 e. The molecule has 4 heteroatoms. The normalized spacial score (nSPS) is 13.6. The molecule has 16 heavy (non-hydrogen) atoms. The van der Waals surface area contributed by atoms with E-state index in [0.29, 0.717) is 26.1 Å². The number of carbonyl (C=O) groups is 1. The molecule has 0 radical (unpaired) electrons. The molecule has 1 aromatic carbocycles. The maximum Gasteiger partial charge on any atom is 0.161 e. The van der Waals surface area contributed by atoms with E-state index in [-0.39, 0.29) is 11.7 Å². The number of ketones is 1. The van der Waals surface area contributed by atoms with Crippen molar-refractivity contribution in [3.63, 3.8) is 0 Å². The molecule has 0 aromatic heterocycles. The van der Waals surface area contributed by atoms with Crippen molar-refractivity contribution >= 4 is 17.4 Å². The number of hydrogen-bond acceptors (Lipinski definition) is 3. The van der Waals surface area contributed by atoms with Gasteiger partial charge in [0.05, 0.1) is 5.88 Å². The summed E-state index contributed by atoms with van der Waals surface area (Å²) < 4.78 is 10.9. The van der Waals surface area contributed by atoms with Crippen LogP contribution in [0, 0.1) is 0 Å². The molecule has 0 unspecified atom stereocenters. The third-order valence-corrected chi connectivity index (χ3v) is 2.75. The summed E-state index contributed by atoms with van der Waals surface area (Å²) in [6.45, 7) is 1.17. The Kier molecular flexibility index (Phi) is 3.67. The van der Waals surface area contributed by atoms with E-state index in [1.165, 1.54) is 0 Å². The summed E-state index contributed by atoms with van der Waals surface area (Å²) in [5.74, 6) is 1.70. The quantitative estimate of drug-likeness (QED) is 0.757. The van der Waals surface area contributed by atoms with Crippen molar-refractivity contribution in [2.75, 3.05) is 19.1 Å². The molecule has 0 spiro atoms. The Bertz CT molecular complexity index is 390. The lowest BCUT2D eigenvalue weighted by Crippen LogP contribution is -2.15. The predicted octanol–water partition coefficient (Wildman–Crippen LogP) is 2.20. The number of fused-ring (bicyclic) bond motifs is 1. The summed E-state index contributed by atoms with van der Waals surface area (Å²) >= 11 is 5.44. The Labute approximate surface area is 99.3 Å². The van der Waals surface area contributed by atoms with Crippen LogP contribution >= 0.6 is 11.6 Å².